The summed E-state index contributed by atoms with van der Waals surface area (Å²) in [6.45, 7) is 4.57. The molecule has 0 radical (unpaired) electrons. The van der Waals surface area contributed by atoms with E-state index in [1.807, 2.05) is 5.38 Å². The minimum Gasteiger partial charge on any atom is -0.378 e. The van der Waals surface area contributed by atoms with Crippen molar-refractivity contribution in [2.24, 2.45) is 0 Å². The summed E-state index contributed by atoms with van der Waals surface area (Å²) in [5, 5.41) is 6.28. The average Bonchev–Trinajstić information content (AvgIpc) is 3.31. The molecule has 2 aliphatic rings. The van der Waals surface area contributed by atoms with Crippen LogP contribution in [0.15, 0.2) is 5.38 Å². The fraction of sp³-hybridized carbons (Fsp3) is 0.667. The molecule has 0 bridgehead atoms. The summed E-state index contributed by atoms with van der Waals surface area (Å²) in [6, 6.07) is 0. The lowest BCUT2D eigenvalue weighted by atomic mass is 10.2. The fourth-order valence-corrected chi connectivity index (χ4v) is 3.68. The predicted molar refractivity (Wildman–Crippen MR) is 99.7 cm³/mol. The standard InChI is InChI=1S/C15H23N5O3S2/c21-13(18-19-14(24)16-9-12-2-1-5-23-12)8-11-10-25-15(17-11)20-3-6-22-7-4-20/h10,12H,1-9H2,(H,18,21)(H2,16,19,24)/t12-/m0/s1. The Bertz CT molecular complexity index is 585. The van der Waals surface area contributed by atoms with Crippen LogP contribution in [0.2, 0.25) is 0 Å². The number of hydrogen-bond donors (Lipinski definition) is 3. The van der Waals surface area contributed by atoms with Crippen molar-refractivity contribution in [3.63, 3.8) is 0 Å². The number of nitrogens with zero attached hydrogens (tertiary/aromatic N) is 2. The van der Waals surface area contributed by atoms with Gasteiger partial charge in [0.2, 0.25) is 5.91 Å². The summed E-state index contributed by atoms with van der Waals surface area (Å²) in [5.74, 6) is -0.180. The molecule has 3 heterocycles. The van der Waals surface area contributed by atoms with Gasteiger partial charge in [-0.3, -0.25) is 15.6 Å². The van der Waals surface area contributed by atoms with Gasteiger partial charge in [0.1, 0.15) is 0 Å². The third-order valence-electron chi connectivity index (χ3n) is 3.99. The second kappa shape index (κ2) is 9.27. The molecule has 0 aromatic carbocycles. The highest BCUT2D eigenvalue weighted by Crippen LogP contribution is 2.21. The van der Waals surface area contributed by atoms with Crippen LogP contribution in [0, 0.1) is 0 Å². The highest BCUT2D eigenvalue weighted by atomic mass is 32.1. The number of aromatic nitrogens is 1. The summed E-state index contributed by atoms with van der Waals surface area (Å²) in [5.41, 5.74) is 6.06. The lowest BCUT2D eigenvalue weighted by Gasteiger charge is -2.26. The SMILES string of the molecule is O=C(Cc1csc(N2CCOCC2)n1)NNC(=S)NC[C@@H]1CCCO1. The number of hydrazine groups is 1. The molecule has 1 aromatic rings. The van der Waals surface area contributed by atoms with Crippen LogP contribution in [0.4, 0.5) is 5.13 Å². The molecule has 8 nitrogen and oxygen atoms in total. The lowest BCUT2D eigenvalue weighted by Crippen LogP contribution is -2.48. The van der Waals surface area contributed by atoms with Gasteiger partial charge in [0.05, 0.1) is 31.4 Å². The van der Waals surface area contributed by atoms with Gasteiger partial charge in [-0.15, -0.1) is 11.3 Å². The zero-order valence-corrected chi connectivity index (χ0v) is 15.6. The summed E-state index contributed by atoms with van der Waals surface area (Å²) < 4.78 is 10.8. The largest absolute Gasteiger partial charge is 0.378 e. The maximum absolute atomic E-state index is 12.0. The Morgan fingerprint density at radius 1 is 1.36 bits per heavy atom. The molecular formula is C15H23N5O3S2. The average molecular weight is 386 g/mol. The molecule has 3 N–H and O–H groups in total. The number of morpholine rings is 1. The Morgan fingerprint density at radius 2 is 2.20 bits per heavy atom. The van der Waals surface area contributed by atoms with E-state index in [9.17, 15) is 4.79 Å². The highest BCUT2D eigenvalue weighted by Gasteiger charge is 2.17. The van der Waals surface area contributed by atoms with Crippen LogP contribution >= 0.6 is 23.6 Å². The first kappa shape index (κ1) is 18.3. The van der Waals surface area contributed by atoms with Gasteiger partial charge in [0.25, 0.3) is 0 Å². The quantitative estimate of drug-likeness (QED) is 0.489. The van der Waals surface area contributed by atoms with Gasteiger partial charge in [-0.1, -0.05) is 0 Å². The van der Waals surface area contributed by atoms with E-state index >= 15 is 0 Å². The van der Waals surface area contributed by atoms with Gasteiger partial charge in [0, 0.05) is 31.6 Å². The van der Waals surface area contributed by atoms with Crippen LogP contribution in [-0.2, 0) is 20.7 Å². The van der Waals surface area contributed by atoms with Gasteiger partial charge in [-0.25, -0.2) is 4.98 Å². The molecule has 0 unspecified atom stereocenters. The van der Waals surface area contributed by atoms with E-state index in [0.29, 0.717) is 11.7 Å². The van der Waals surface area contributed by atoms with Crippen molar-refractivity contribution in [2.75, 3.05) is 44.4 Å². The Balaban J connectivity index is 1.35. The summed E-state index contributed by atoms with van der Waals surface area (Å²) in [7, 11) is 0. The fourth-order valence-electron chi connectivity index (χ4n) is 2.67. The van der Waals surface area contributed by atoms with Crippen molar-refractivity contribution < 1.29 is 14.3 Å². The summed E-state index contributed by atoms with van der Waals surface area (Å²) in [6.07, 6.45) is 2.53. The molecule has 0 spiro atoms. The number of thiazole rings is 1. The molecule has 25 heavy (non-hydrogen) atoms. The van der Waals surface area contributed by atoms with Gasteiger partial charge >= 0.3 is 0 Å². The second-order valence-electron chi connectivity index (χ2n) is 5.92. The van der Waals surface area contributed by atoms with E-state index in [1.165, 1.54) is 0 Å². The molecule has 0 saturated carbocycles. The summed E-state index contributed by atoms with van der Waals surface area (Å²) in [4.78, 5) is 18.7. The van der Waals surface area contributed by atoms with Crippen molar-refractivity contribution in [3.05, 3.63) is 11.1 Å². The van der Waals surface area contributed by atoms with E-state index < -0.39 is 0 Å². The molecule has 1 aromatic heterocycles. The molecule has 2 fully saturated rings. The number of ether oxygens (including phenoxy) is 2. The third-order valence-corrected chi connectivity index (χ3v) is 5.19. The van der Waals surface area contributed by atoms with Crippen molar-refractivity contribution in [3.8, 4) is 0 Å². The van der Waals surface area contributed by atoms with Crippen LogP contribution < -0.4 is 21.1 Å². The molecule has 3 rings (SSSR count). The first-order valence-electron chi connectivity index (χ1n) is 8.42. The number of carbonyl (C=O) groups excluding carboxylic acids is 1. The molecule has 10 heteroatoms. The number of hydrogen-bond acceptors (Lipinski definition) is 7. The van der Waals surface area contributed by atoms with Crippen LogP contribution in [0.5, 0.6) is 0 Å². The van der Waals surface area contributed by atoms with Crippen molar-refractivity contribution in [1.29, 1.82) is 0 Å². The molecule has 1 atom stereocenters. The van der Waals surface area contributed by atoms with Gasteiger partial charge < -0.3 is 19.7 Å². The van der Waals surface area contributed by atoms with E-state index in [2.05, 4.69) is 26.1 Å². The molecule has 2 saturated heterocycles. The first-order chi connectivity index (χ1) is 12.2. The van der Waals surface area contributed by atoms with E-state index in [4.69, 9.17) is 21.7 Å². The lowest BCUT2D eigenvalue weighted by molar-refractivity contribution is -0.121. The highest BCUT2D eigenvalue weighted by molar-refractivity contribution is 7.80. The maximum atomic E-state index is 12.0. The van der Waals surface area contributed by atoms with E-state index in [0.717, 1.165) is 56.6 Å². The third kappa shape index (κ3) is 5.77. The maximum Gasteiger partial charge on any atom is 0.244 e. The van der Waals surface area contributed by atoms with Crippen LogP contribution in [0.3, 0.4) is 0 Å². The molecule has 138 valence electrons. The van der Waals surface area contributed by atoms with E-state index in [-0.39, 0.29) is 18.4 Å². The molecule has 1 amide bonds. The first-order valence-corrected chi connectivity index (χ1v) is 9.71. The second-order valence-corrected chi connectivity index (χ2v) is 7.16. The molecule has 2 aliphatic heterocycles. The monoisotopic (exact) mass is 385 g/mol. The topological polar surface area (TPSA) is 87.8 Å². The predicted octanol–water partition coefficient (Wildman–Crippen LogP) is 0.197. The van der Waals surface area contributed by atoms with E-state index in [1.54, 1.807) is 11.3 Å². The number of carbonyl (C=O) groups is 1. The Labute approximate surface area is 156 Å². The van der Waals surface area contributed by atoms with Gasteiger partial charge in [0.15, 0.2) is 10.2 Å². The van der Waals surface area contributed by atoms with Crippen molar-refractivity contribution in [1.82, 2.24) is 21.2 Å². The molecular weight excluding hydrogens is 362 g/mol. The number of thiocarbonyl (C=S) groups is 1. The smallest absolute Gasteiger partial charge is 0.244 e. The number of amides is 1. The number of nitrogens with one attached hydrogen (secondary N) is 3. The van der Waals surface area contributed by atoms with Crippen molar-refractivity contribution in [2.45, 2.75) is 25.4 Å². The summed E-state index contributed by atoms with van der Waals surface area (Å²) >= 11 is 6.69. The Morgan fingerprint density at radius 3 is 2.96 bits per heavy atom. The minimum atomic E-state index is -0.180. The van der Waals surface area contributed by atoms with Crippen LogP contribution in [0.1, 0.15) is 18.5 Å². The number of anilines is 1. The van der Waals surface area contributed by atoms with Gasteiger partial charge in [-0.05, 0) is 25.1 Å². The van der Waals surface area contributed by atoms with Crippen molar-refractivity contribution >= 4 is 39.7 Å². The van der Waals surface area contributed by atoms with Gasteiger partial charge in [-0.2, -0.15) is 0 Å². The Kier molecular flexibility index (Phi) is 6.79. The zero-order valence-electron chi connectivity index (χ0n) is 14.0. The molecule has 0 aliphatic carbocycles. The van der Waals surface area contributed by atoms with Crippen LogP contribution in [0.25, 0.3) is 0 Å². The Hall–Kier alpha value is -1.49. The van der Waals surface area contributed by atoms with Crippen LogP contribution in [-0.4, -0.2) is 61.6 Å². The number of rotatable bonds is 5. The normalized spacial score (nSPS) is 20.3. The zero-order chi connectivity index (χ0) is 17.5. The minimum absolute atomic E-state index is 0.180.